The summed E-state index contributed by atoms with van der Waals surface area (Å²) in [5.41, 5.74) is 2.60. The van der Waals surface area contributed by atoms with Gasteiger partial charge in [-0.05, 0) is 41.4 Å². The van der Waals surface area contributed by atoms with Crippen LogP contribution in [0.3, 0.4) is 0 Å². The molecule has 125 valence electrons. The summed E-state index contributed by atoms with van der Waals surface area (Å²) >= 11 is 5.94. The minimum Gasteiger partial charge on any atom is -0.556 e. The van der Waals surface area contributed by atoms with Crippen LogP contribution in [-0.4, -0.2) is 12.5 Å². The van der Waals surface area contributed by atoms with E-state index in [0.29, 0.717) is 21.8 Å². The van der Waals surface area contributed by atoms with Crippen molar-refractivity contribution >= 4 is 35.4 Å². The van der Waals surface area contributed by atoms with Gasteiger partial charge in [0.1, 0.15) is 17.1 Å². The van der Waals surface area contributed by atoms with Crippen molar-refractivity contribution in [1.82, 2.24) is 4.98 Å². The number of aromatic nitrogens is 1. The molecule has 3 aromatic carbocycles. The maximum Gasteiger partial charge on any atom is 0.409 e. The number of hydrogen-bond donors (Lipinski definition) is 0. The SMILES string of the molecule is Fc1cccc([B]Oc2cccc3cccnc23)c1-c1ccc(Cl)cc1. The largest absolute Gasteiger partial charge is 0.556 e. The van der Waals surface area contributed by atoms with Crippen molar-refractivity contribution in [2.75, 3.05) is 0 Å². The van der Waals surface area contributed by atoms with Crippen LogP contribution in [0.25, 0.3) is 22.0 Å². The van der Waals surface area contributed by atoms with Crippen LogP contribution in [0.2, 0.25) is 5.02 Å². The maximum absolute atomic E-state index is 14.5. The zero-order chi connectivity index (χ0) is 17.9. The van der Waals surface area contributed by atoms with E-state index in [1.165, 1.54) is 6.07 Å². The standard InChI is InChI=1S/C21H13BClFNO/c23-16-11-9-14(10-12-16)20-17(6-2-7-18(20)24)22-26-19-8-1-4-15-5-3-13-25-21(15)19/h1-13H. The lowest BCUT2D eigenvalue weighted by atomic mass is 9.81. The quantitative estimate of drug-likeness (QED) is 0.477. The highest BCUT2D eigenvalue weighted by Gasteiger charge is 2.14. The number of fused-ring (bicyclic) bond motifs is 1. The number of rotatable bonds is 4. The number of benzene rings is 3. The van der Waals surface area contributed by atoms with Gasteiger partial charge in [0.05, 0.1) is 0 Å². The summed E-state index contributed by atoms with van der Waals surface area (Å²) in [5.74, 6) is 0.301. The lowest BCUT2D eigenvalue weighted by molar-refractivity contribution is 0.608. The number of para-hydroxylation sites is 1. The lowest BCUT2D eigenvalue weighted by Crippen LogP contribution is -2.23. The summed E-state index contributed by atoms with van der Waals surface area (Å²) in [6, 6.07) is 21.5. The van der Waals surface area contributed by atoms with E-state index in [9.17, 15) is 4.39 Å². The van der Waals surface area contributed by atoms with E-state index in [-0.39, 0.29) is 5.82 Å². The molecule has 1 radical (unpaired) electrons. The molecule has 0 fully saturated rings. The highest BCUT2D eigenvalue weighted by atomic mass is 35.5. The van der Waals surface area contributed by atoms with Crippen molar-refractivity contribution in [1.29, 1.82) is 0 Å². The van der Waals surface area contributed by atoms with E-state index in [0.717, 1.165) is 16.5 Å². The first-order valence-corrected chi connectivity index (χ1v) is 8.48. The number of nitrogens with zero attached hydrogens (tertiary/aromatic N) is 1. The van der Waals surface area contributed by atoms with Gasteiger partial charge >= 0.3 is 7.48 Å². The van der Waals surface area contributed by atoms with Gasteiger partial charge < -0.3 is 4.65 Å². The van der Waals surface area contributed by atoms with E-state index < -0.39 is 0 Å². The van der Waals surface area contributed by atoms with Crippen molar-refractivity contribution in [2.45, 2.75) is 0 Å². The monoisotopic (exact) mass is 360 g/mol. The van der Waals surface area contributed by atoms with Gasteiger partial charge in [-0.2, -0.15) is 0 Å². The van der Waals surface area contributed by atoms with E-state index in [2.05, 4.69) is 4.98 Å². The van der Waals surface area contributed by atoms with Crippen LogP contribution in [0.1, 0.15) is 0 Å². The Labute approximate surface area is 156 Å². The number of hydrogen-bond acceptors (Lipinski definition) is 2. The molecule has 4 rings (SSSR count). The minimum absolute atomic E-state index is 0.319. The molecule has 2 nitrogen and oxygen atoms in total. The van der Waals surface area contributed by atoms with Crippen LogP contribution < -0.4 is 10.1 Å². The van der Waals surface area contributed by atoms with Gasteiger partial charge in [0.2, 0.25) is 0 Å². The molecule has 0 aliphatic heterocycles. The zero-order valence-corrected chi connectivity index (χ0v) is 14.5. The van der Waals surface area contributed by atoms with Crippen LogP contribution >= 0.6 is 11.6 Å². The molecule has 1 aromatic heterocycles. The third-order valence-corrected chi connectivity index (χ3v) is 4.34. The maximum atomic E-state index is 14.5. The molecule has 0 atom stereocenters. The Morgan fingerprint density at radius 1 is 0.885 bits per heavy atom. The van der Waals surface area contributed by atoms with Crippen LogP contribution in [0.4, 0.5) is 4.39 Å². The summed E-state index contributed by atoms with van der Waals surface area (Å²) in [6.07, 6.45) is 1.72. The normalized spacial score (nSPS) is 10.7. The van der Waals surface area contributed by atoms with Gasteiger partial charge in [-0.25, -0.2) is 4.39 Å². The average Bonchev–Trinajstić information content (AvgIpc) is 2.67. The van der Waals surface area contributed by atoms with Crippen molar-refractivity contribution in [2.24, 2.45) is 0 Å². The third kappa shape index (κ3) is 3.28. The second kappa shape index (κ2) is 7.18. The van der Waals surface area contributed by atoms with E-state index in [4.69, 9.17) is 16.3 Å². The smallest absolute Gasteiger partial charge is 0.409 e. The molecule has 0 saturated carbocycles. The summed E-state index contributed by atoms with van der Waals surface area (Å²) in [6.45, 7) is 0. The van der Waals surface area contributed by atoms with Crippen LogP contribution in [0, 0.1) is 5.82 Å². The highest BCUT2D eigenvalue weighted by molar-refractivity contribution is 6.50. The summed E-state index contributed by atoms with van der Waals surface area (Å²) in [5, 5.41) is 1.59. The molecule has 0 spiro atoms. The van der Waals surface area contributed by atoms with Crippen LogP contribution in [0.15, 0.2) is 79.0 Å². The Morgan fingerprint density at radius 3 is 2.50 bits per heavy atom. The van der Waals surface area contributed by atoms with E-state index >= 15 is 0 Å². The highest BCUT2D eigenvalue weighted by Crippen LogP contribution is 2.25. The Morgan fingerprint density at radius 2 is 1.65 bits per heavy atom. The third-order valence-electron chi connectivity index (χ3n) is 4.09. The Kier molecular flexibility index (Phi) is 4.59. The molecule has 5 heteroatoms. The average molecular weight is 361 g/mol. The Bertz CT molecular complexity index is 1060. The van der Waals surface area contributed by atoms with Gasteiger partial charge in [0, 0.05) is 22.2 Å². The van der Waals surface area contributed by atoms with Crippen molar-refractivity contribution in [3.8, 4) is 16.9 Å². The lowest BCUT2D eigenvalue weighted by Gasteiger charge is -2.12. The molecule has 0 N–H and O–H groups in total. The van der Waals surface area contributed by atoms with Crippen LogP contribution in [0.5, 0.6) is 5.75 Å². The molecule has 1 heterocycles. The molecule has 0 aliphatic carbocycles. The first-order chi connectivity index (χ1) is 12.7. The van der Waals surface area contributed by atoms with Crippen molar-refractivity contribution in [3.05, 3.63) is 89.8 Å². The van der Waals surface area contributed by atoms with Crippen molar-refractivity contribution in [3.63, 3.8) is 0 Å². The molecule has 0 unspecified atom stereocenters. The molecule has 4 aromatic rings. The Balaban J connectivity index is 1.69. The van der Waals surface area contributed by atoms with E-state index in [1.54, 1.807) is 44.0 Å². The fraction of sp³-hybridized carbons (Fsp3) is 0. The van der Waals surface area contributed by atoms with Gasteiger partial charge in [-0.3, -0.25) is 4.98 Å². The Hall–Kier alpha value is -2.85. The molecule has 0 aliphatic rings. The second-order valence-electron chi connectivity index (χ2n) is 5.78. The second-order valence-corrected chi connectivity index (χ2v) is 6.21. The van der Waals surface area contributed by atoms with Gasteiger partial charge in [0.15, 0.2) is 0 Å². The number of pyridine rings is 1. The molecule has 0 bridgehead atoms. The van der Waals surface area contributed by atoms with E-state index in [1.807, 2.05) is 36.4 Å². The molecule has 26 heavy (non-hydrogen) atoms. The fourth-order valence-electron chi connectivity index (χ4n) is 2.86. The van der Waals surface area contributed by atoms with Gasteiger partial charge in [-0.1, -0.05) is 54.1 Å². The predicted octanol–water partition coefficient (Wildman–Crippen LogP) is 5.02. The molecule has 0 saturated heterocycles. The number of halogens is 2. The summed E-state index contributed by atoms with van der Waals surface area (Å²) in [4.78, 5) is 4.37. The van der Waals surface area contributed by atoms with Gasteiger partial charge in [-0.15, -0.1) is 0 Å². The first kappa shape index (κ1) is 16.6. The molecule has 0 amide bonds. The first-order valence-electron chi connectivity index (χ1n) is 8.10. The topological polar surface area (TPSA) is 22.1 Å². The predicted molar refractivity (Wildman–Crippen MR) is 105 cm³/mol. The zero-order valence-electron chi connectivity index (χ0n) is 13.7. The van der Waals surface area contributed by atoms with Crippen molar-refractivity contribution < 1.29 is 9.04 Å². The molecular weight excluding hydrogens is 348 g/mol. The molecular formula is C21H13BClFNO. The summed E-state index contributed by atoms with van der Waals surface area (Å²) < 4.78 is 20.4. The fourth-order valence-corrected chi connectivity index (χ4v) is 2.98. The van der Waals surface area contributed by atoms with Gasteiger partial charge in [0.25, 0.3) is 0 Å². The summed E-state index contributed by atoms with van der Waals surface area (Å²) in [7, 11) is 1.55. The van der Waals surface area contributed by atoms with Crippen LogP contribution in [-0.2, 0) is 0 Å². The minimum atomic E-state index is -0.319.